The van der Waals surface area contributed by atoms with E-state index in [1.54, 1.807) is 12.1 Å². The van der Waals surface area contributed by atoms with Crippen molar-refractivity contribution in [2.24, 2.45) is 0 Å². The van der Waals surface area contributed by atoms with Crippen molar-refractivity contribution in [2.45, 2.75) is 31.2 Å². The Morgan fingerprint density at radius 1 is 1.12 bits per heavy atom. The molecule has 1 aliphatic rings. The van der Waals surface area contributed by atoms with Crippen LogP contribution in [0.4, 0.5) is 0 Å². The highest BCUT2D eigenvalue weighted by Gasteiger charge is 2.29. The molecule has 8 heteroatoms. The van der Waals surface area contributed by atoms with Crippen LogP contribution in [0.1, 0.15) is 40.5 Å². The van der Waals surface area contributed by atoms with Crippen molar-refractivity contribution in [1.29, 1.82) is 0 Å². The van der Waals surface area contributed by atoms with Crippen LogP contribution in [0.2, 0.25) is 0 Å². The first-order valence-corrected chi connectivity index (χ1v) is 12.7. The lowest BCUT2D eigenvalue weighted by Crippen LogP contribution is -2.35. The molecule has 2 aromatic carbocycles. The number of ether oxygens (including phenoxy) is 1. The summed E-state index contributed by atoms with van der Waals surface area (Å²) in [7, 11) is -3.35. The largest absolute Gasteiger partial charge is 0.438 e. The fraction of sp³-hybridized carbons (Fsp3) is 0.240. The van der Waals surface area contributed by atoms with Crippen molar-refractivity contribution < 1.29 is 17.9 Å². The van der Waals surface area contributed by atoms with Crippen molar-refractivity contribution in [3.63, 3.8) is 0 Å². The van der Waals surface area contributed by atoms with Crippen molar-refractivity contribution in [1.82, 2.24) is 15.3 Å². The quantitative estimate of drug-likeness (QED) is 0.514. The van der Waals surface area contributed by atoms with E-state index in [2.05, 4.69) is 15.3 Å². The Labute approximate surface area is 193 Å². The average Bonchev–Trinajstić information content (AvgIpc) is 3.64. The molecule has 1 aromatic heterocycles. The fourth-order valence-corrected chi connectivity index (χ4v) is 3.75. The van der Waals surface area contributed by atoms with E-state index >= 15 is 0 Å². The van der Waals surface area contributed by atoms with E-state index in [1.165, 1.54) is 12.3 Å². The molecule has 7 nitrogen and oxygen atoms in total. The van der Waals surface area contributed by atoms with Crippen LogP contribution in [-0.4, -0.2) is 36.6 Å². The molecule has 1 saturated carbocycles. The third-order valence-electron chi connectivity index (χ3n) is 5.09. The normalized spacial score (nSPS) is 14.7. The van der Waals surface area contributed by atoms with Crippen LogP contribution >= 0.6 is 0 Å². The second-order valence-electron chi connectivity index (χ2n) is 8.06. The van der Waals surface area contributed by atoms with Crippen molar-refractivity contribution in [3.05, 3.63) is 95.3 Å². The Bertz CT molecular complexity index is 1240. The molecule has 1 unspecified atom stereocenters. The predicted octanol–water partition coefficient (Wildman–Crippen LogP) is 4.05. The molecule has 1 amide bonds. The molecular formula is C25H25N3O4S. The monoisotopic (exact) mass is 463 g/mol. The molecule has 1 heterocycles. The topological polar surface area (TPSA) is 98.2 Å². The van der Waals surface area contributed by atoms with Gasteiger partial charge >= 0.3 is 0 Å². The standard InChI is InChI=1S/C25H25N3O4S/c1-33(30,31)15-14-20(16-18-8-4-2-5-9-18)27-24(29)22-17-26-23(19-12-13-19)28-25(22)32-21-10-6-3-7-11-21/h2-11,14-15,17,19-20H,12-13,16H2,1H3,(H,27,29). The third-order valence-corrected chi connectivity index (χ3v) is 5.74. The van der Waals surface area contributed by atoms with Gasteiger partial charge in [-0.3, -0.25) is 4.79 Å². The molecule has 4 rings (SSSR count). The van der Waals surface area contributed by atoms with E-state index in [1.807, 2.05) is 48.5 Å². The fourth-order valence-electron chi connectivity index (χ4n) is 3.27. The number of nitrogens with one attached hydrogen (secondary N) is 1. The first-order valence-electron chi connectivity index (χ1n) is 10.7. The predicted molar refractivity (Wildman–Crippen MR) is 126 cm³/mol. The number of carbonyl (C=O) groups excluding carboxylic acids is 1. The molecule has 1 aliphatic carbocycles. The van der Waals surface area contributed by atoms with Crippen LogP contribution in [0.3, 0.4) is 0 Å². The van der Waals surface area contributed by atoms with Crippen LogP contribution in [0, 0.1) is 0 Å². The average molecular weight is 464 g/mol. The van der Waals surface area contributed by atoms with Gasteiger partial charge in [-0.2, -0.15) is 4.98 Å². The maximum Gasteiger partial charge on any atom is 0.258 e. The Hall–Kier alpha value is -3.52. The van der Waals surface area contributed by atoms with Crippen LogP contribution in [0.25, 0.3) is 0 Å². The molecule has 0 bridgehead atoms. The SMILES string of the molecule is CS(=O)(=O)C=CC(Cc1ccccc1)NC(=O)c1cnc(C2CC2)nc1Oc1ccccc1. The molecular weight excluding hydrogens is 438 g/mol. The molecule has 33 heavy (non-hydrogen) atoms. The molecule has 0 saturated heterocycles. The lowest BCUT2D eigenvalue weighted by atomic mass is 10.1. The molecule has 1 N–H and O–H groups in total. The Kier molecular flexibility index (Phi) is 6.84. The molecule has 0 spiro atoms. The first kappa shape index (κ1) is 22.7. The highest BCUT2D eigenvalue weighted by Crippen LogP contribution is 2.39. The van der Waals surface area contributed by atoms with E-state index in [-0.39, 0.29) is 11.4 Å². The number of benzene rings is 2. The van der Waals surface area contributed by atoms with Gasteiger partial charge in [0.2, 0.25) is 5.88 Å². The summed E-state index contributed by atoms with van der Waals surface area (Å²) >= 11 is 0. The number of hydrogen-bond acceptors (Lipinski definition) is 6. The zero-order valence-electron chi connectivity index (χ0n) is 18.2. The minimum Gasteiger partial charge on any atom is -0.438 e. The minimum absolute atomic E-state index is 0.182. The number of aromatic nitrogens is 2. The van der Waals surface area contributed by atoms with Gasteiger partial charge in [0.15, 0.2) is 9.84 Å². The smallest absolute Gasteiger partial charge is 0.258 e. The zero-order chi connectivity index (χ0) is 23.3. The maximum absolute atomic E-state index is 13.2. The lowest BCUT2D eigenvalue weighted by Gasteiger charge is -2.17. The summed E-state index contributed by atoms with van der Waals surface area (Å²) in [6.45, 7) is 0. The number of carbonyl (C=O) groups is 1. The van der Waals surface area contributed by atoms with Crippen LogP contribution in [0.5, 0.6) is 11.6 Å². The second kappa shape index (κ2) is 9.95. The second-order valence-corrected chi connectivity index (χ2v) is 10.00. The van der Waals surface area contributed by atoms with Crippen LogP contribution in [-0.2, 0) is 16.3 Å². The van der Waals surface area contributed by atoms with E-state index in [0.717, 1.165) is 30.1 Å². The molecule has 1 fully saturated rings. The summed E-state index contributed by atoms with van der Waals surface area (Å²) < 4.78 is 29.3. The summed E-state index contributed by atoms with van der Waals surface area (Å²) in [4.78, 5) is 22.1. The van der Waals surface area contributed by atoms with Crippen LogP contribution < -0.4 is 10.1 Å². The molecule has 0 radical (unpaired) electrons. The number of rotatable bonds is 9. The van der Waals surface area contributed by atoms with E-state index in [9.17, 15) is 13.2 Å². The maximum atomic E-state index is 13.2. The van der Waals surface area contributed by atoms with Gasteiger partial charge in [-0.15, -0.1) is 0 Å². The molecule has 3 aromatic rings. The highest BCUT2D eigenvalue weighted by molar-refractivity contribution is 7.93. The molecule has 1 atom stereocenters. The summed E-state index contributed by atoms with van der Waals surface area (Å²) in [6, 6.07) is 18.1. The number of nitrogens with zero attached hydrogens (tertiary/aromatic N) is 2. The molecule has 0 aliphatic heterocycles. The number of hydrogen-bond donors (Lipinski definition) is 1. The van der Waals surface area contributed by atoms with Crippen molar-refractivity contribution in [2.75, 3.05) is 6.26 Å². The van der Waals surface area contributed by atoms with Crippen molar-refractivity contribution >= 4 is 15.7 Å². The highest BCUT2D eigenvalue weighted by atomic mass is 32.2. The van der Waals surface area contributed by atoms with Crippen molar-refractivity contribution in [3.8, 4) is 11.6 Å². The van der Waals surface area contributed by atoms with Crippen LogP contribution in [0.15, 0.2) is 78.3 Å². The minimum atomic E-state index is -3.35. The van der Waals surface area contributed by atoms with Gasteiger partial charge in [-0.1, -0.05) is 54.6 Å². The van der Waals surface area contributed by atoms with Gasteiger partial charge < -0.3 is 10.1 Å². The zero-order valence-corrected chi connectivity index (χ0v) is 19.0. The summed E-state index contributed by atoms with van der Waals surface area (Å²) in [5.74, 6) is 1.26. The number of para-hydroxylation sites is 1. The number of sulfone groups is 1. The Morgan fingerprint density at radius 3 is 2.42 bits per heavy atom. The first-order chi connectivity index (χ1) is 15.9. The third kappa shape index (κ3) is 6.73. The Morgan fingerprint density at radius 2 is 1.79 bits per heavy atom. The van der Waals surface area contributed by atoms with Gasteiger partial charge in [0.25, 0.3) is 5.91 Å². The lowest BCUT2D eigenvalue weighted by molar-refractivity contribution is 0.0941. The summed E-state index contributed by atoms with van der Waals surface area (Å²) in [5, 5.41) is 4.00. The van der Waals surface area contributed by atoms with E-state index in [4.69, 9.17) is 4.74 Å². The van der Waals surface area contributed by atoms with Gasteiger partial charge in [0.1, 0.15) is 17.1 Å². The van der Waals surface area contributed by atoms with Gasteiger partial charge in [0.05, 0.1) is 6.04 Å². The Balaban J connectivity index is 1.60. The van der Waals surface area contributed by atoms with Gasteiger partial charge in [0, 0.05) is 23.8 Å². The van der Waals surface area contributed by atoms with E-state index in [0.29, 0.717) is 23.9 Å². The summed E-state index contributed by atoms with van der Waals surface area (Å²) in [5.41, 5.74) is 1.15. The van der Waals surface area contributed by atoms with Gasteiger partial charge in [-0.25, -0.2) is 13.4 Å². The molecule has 170 valence electrons. The van der Waals surface area contributed by atoms with E-state index < -0.39 is 21.8 Å². The summed E-state index contributed by atoms with van der Waals surface area (Å²) in [6.07, 6.45) is 6.54. The van der Waals surface area contributed by atoms with Gasteiger partial charge in [-0.05, 0) is 37.0 Å². The number of amides is 1.